The topological polar surface area (TPSA) is 66.9 Å². The highest BCUT2D eigenvalue weighted by Crippen LogP contribution is 2.21. The number of thiophene rings is 1. The molecule has 0 atom stereocenters. The van der Waals surface area contributed by atoms with Gasteiger partial charge in [0, 0.05) is 31.6 Å². The fraction of sp³-hybridized carbons (Fsp3) is 0.316. The first-order valence-electron chi connectivity index (χ1n) is 8.32. The van der Waals surface area contributed by atoms with E-state index in [0.717, 1.165) is 0 Å². The largest absolute Gasteiger partial charge is 0.496 e. The monoisotopic (exact) mass is 372 g/mol. The van der Waals surface area contributed by atoms with Crippen molar-refractivity contribution in [1.82, 2.24) is 9.80 Å². The molecule has 2 heterocycles. The number of ketones is 1. The van der Waals surface area contributed by atoms with Crippen LogP contribution < -0.4 is 4.74 Å². The first-order valence-corrected chi connectivity index (χ1v) is 9.20. The molecule has 6 nitrogen and oxygen atoms in total. The standard InChI is InChI=1S/C19H20N2O4S/c1-13(22)17-11-14(12-26-17)18(23)20-7-9-21(10-8-20)19(24)15-5-3-4-6-16(15)25-2/h3-6,11-12H,7-10H2,1-2H3. The molecule has 136 valence electrons. The van der Waals surface area contributed by atoms with E-state index in [1.807, 2.05) is 6.07 Å². The Morgan fingerprint density at radius 1 is 1.00 bits per heavy atom. The van der Waals surface area contributed by atoms with Gasteiger partial charge in [0.1, 0.15) is 5.75 Å². The Hall–Kier alpha value is -2.67. The van der Waals surface area contributed by atoms with Crippen LogP contribution >= 0.6 is 11.3 Å². The van der Waals surface area contributed by atoms with Crippen molar-refractivity contribution in [1.29, 1.82) is 0 Å². The maximum atomic E-state index is 12.7. The Morgan fingerprint density at radius 2 is 1.62 bits per heavy atom. The fourth-order valence-electron chi connectivity index (χ4n) is 2.92. The lowest BCUT2D eigenvalue weighted by molar-refractivity contribution is 0.0534. The number of benzene rings is 1. The molecule has 0 saturated carbocycles. The second kappa shape index (κ2) is 7.70. The highest BCUT2D eigenvalue weighted by Gasteiger charge is 2.27. The minimum atomic E-state index is -0.0989. The number of amides is 2. The Labute approximate surface area is 156 Å². The Morgan fingerprint density at radius 3 is 2.19 bits per heavy atom. The molecule has 7 heteroatoms. The number of ether oxygens (including phenoxy) is 1. The van der Waals surface area contributed by atoms with Gasteiger partial charge < -0.3 is 14.5 Å². The van der Waals surface area contributed by atoms with Crippen molar-refractivity contribution in [2.75, 3.05) is 33.3 Å². The Kier molecular flexibility index (Phi) is 5.37. The maximum absolute atomic E-state index is 12.7. The number of carbonyl (C=O) groups is 3. The summed E-state index contributed by atoms with van der Waals surface area (Å²) in [5.74, 6) is 0.314. The van der Waals surface area contributed by atoms with E-state index in [-0.39, 0.29) is 17.6 Å². The molecule has 0 unspecified atom stereocenters. The minimum absolute atomic E-state index is 0.0405. The Bertz CT molecular complexity index is 838. The lowest BCUT2D eigenvalue weighted by Gasteiger charge is -2.34. The number of methoxy groups -OCH3 is 1. The van der Waals surface area contributed by atoms with Crippen LogP contribution in [0.2, 0.25) is 0 Å². The van der Waals surface area contributed by atoms with Crippen molar-refractivity contribution in [2.45, 2.75) is 6.92 Å². The lowest BCUT2D eigenvalue weighted by Crippen LogP contribution is -2.50. The minimum Gasteiger partial charge on any atom is -0.496 e. The van der Waals surface area contributed by atoms with Crippen LogP contribution in [0, 0.1) is 0 Å². The molecule has 3 rings (SSSR count). The van der Waals surface area contributed by atoms with Crippen molar-refractivity contribution in [3.8, 4) is 5.75 Å². The predicted molar refractivity (Wildman–Crippen MR) is 99.1 cm³/mol. The second-order valence-corrected chi connectivity index (χ2v) is 6.95. The number of piperazine rings is 1. The predicted octanol–water partition coefficient (Wildman–Crippen LogP) is 2.56. The summed E-state index contributed by atoms with van der Waals surface area (Å²) in [7, 11) is 1.54. The summed E-state index contributed by atoms with van der Waals surface area (Å²) in [6, 6.07) is 8.77. The number of hydrogen-bond donors (Lipinski definition) is 0. The molecule has 1 saturated heterocycles. The normalized spacial score (nSPS) is 14.2. The fourth-order valence-corrected chi connectivity index (χ4v) is 3.70. The number of nitrogens with zero attached hydrogens (tertiary/aromatic N) is 2. The molecule has 0 bridgehead atoms. The van der Waals surface area contributed by atoms with Crippen LogP contribution in [0.25, 0.3) is 0 Å². The van der Waals surface area contributed by atoms with Gasteiger partial charge in [0.05, 0.1) is 23.1 Å². The van der Waals surface area contributed by atoms with Crippen LogP contribution in [0.15, 0.2) is 35.7 Å². The van der Waals surface area contributed by atoms with Crippen molar-refractivity contribution < 1.29 is 19.1 Å². The van der Waals surface area contributed by atoms with Gasteiger partial charge in [0.2, 0.25) is 0 Å². The molecule has 0 aliphatic carbocycles. The number of rotatable bonds is 4. The maximum Gasteiger partial charge on any atom is 0.257 e. The molecule has 0 N–H and O–H groups in total. The van der Waals surface area contributed by atoms with Gasteiger partial charge in [0.25, 0.3) is 11.8 Å². The van der Waals surface area contributed by atoms with E-state index < -0.39 is 0 Å². The summed E-state index contributed by atoms with van der Waals surface area (Å²) < 4.78 is 5.26. The zero-order chi connectivity index (χ0) is 18.7. The number of Topliss-reactive ketones (excluding diaryl/α,β-unsaturated/α-hetero) is 1. The molecule has 1 aliphatic heterocycles. The quantitative estimate of drug-likeness (QED) is 0.774. The molecule has 2 aromatic rings. The molecule has 1 aliphatic rings. The third-order valence-corrected chi connectivity index (χ3v) is 5.42. The van der Waals surface area contributed by atoms with E-state index in [4.69, 9.17) is 4.74 Å². The third-order valence-electron chi connectivity index (χ3n) is 4.38. The van der Waals surface area contributed by atoms with E-state index in [1.54, 1.807) is 46.6 Å². The first-order chi connectivity index (χ1) is 12.5. The highest BCUT2D eigenvalue weighted by atomic mass is 32.1. The van der Waals surface area contributed by atoms with E-state index >= 15 is 0 Å². The van der Waals surface area contributed by atoms with Gasteiger partial charge in [-0.15, -0.1) is 11.3 Å². The molecule has 0 radical (unpaired) electrons. The summed E-state index contributed by atoms with van der Waals surface area (Å²) in [6.45, 7) is 3.34. The van der Waals surface area contributed by atoms with Gasteiger partial charge >= 0.3 is 0 Å². The summed E-state index contributed by atoms with van der Waals surface area (Å²) >= 11 is 1.28. The molecule has 0 spiro atoms. The van der Waals surface area contributed by atoms with Crippen LogP contribution in [0.3, 0.4) is 0 Å². The van der Waals surface area contributed by atoms with Crippen LogP contribution in [-0.2, 0) is 0 Å². The average molecular weight is 372 g/mol. The van der Waals surface area contributed by atoms with Crippen molar-refractivity contribution in [3.05, 3.63) is 51.7 Å². The van der Waals surface area contributed by atoms with E-state index in [1.165, 1.54) is 18.3 Å². The van der Waals surface area contributed by atoms with Gasteiger partial charge in [-0.1, -0.05) is 12.1 Å². The summed E-state index contributed by atoms with van der Waals surface area (Å²) in [5, 5.41) is 1.71. The molecular weight excluding hydrogens is 352 g/mol. The lowest BCUT2D eigenvalue weighted by atomic mass is 10.1. The zero-order valence-electron chi connectivity index (χ0n) is 14.7. The van der Waals surface area contributed by atoms with Gasteiger partial charge in [-0.2, -0.15) is 0 Å². The number of hydrogen-bond acceptors (Lipinski definition) is 5. The first kappa shape index (κ1) is 18.1. The molecule has 2 amide bonds. The smallest absolute Gasteiger partial charge is 0.257 e. The number of carbonyl (C=O) groups excluding carboxylic acids is 3. The zero-order valence-corrected chi connectivity index (χ0v) is 15.5. The van der Waals surface area contributed by atoms with Gasteiger partial charge in [-0.25, -0.2) is 0 Å². The third kappa shape index (κ3) is 3.62. The number of para-hydroxylation sites is 1. The average Bonchev–Trinajstić information content (AvgIpc) is 3.17. The summed E-state index contributed by atoms with van der Waals surface area (Å²) in [4.78, 5) is 40.7. The van der Waals surface area contributed by atoms with Gasteiger partial charge in [-0.05, 0) is 25.1 Å². The van der Waals surface area contributed by atoms with Crippen molar-refractivity contribution in [2.24, 2.45) is 0 Å². The Balaban J connectivity index is 1.64. The van der Waals surface area contributed by atoms with Crippen LogP contribution in [-0.4, -0.2) is 60.7 Å². The van der Waals surface area contributed by atoms with E-state index in [0.29, 0.717) is 47.9 Å². The van der Waals surface area contributed by atoms with Crippen molar-refractivity contribution in [3.63, 3.8) is 0 Å². The van der Waals surface area contributed by atoms with Gasteiger partial charge in [0.15, 0.2) is 5.78 Å². The summed E-state index contributed by atoms with van der Waals surface area (Å²) in [6.07, 6.45) is 0. The molecule has 1 fully saturated rings. The van der Waals surface area contributed by atoms with E-state index in [2.05, 4.69) is 0 Å². The molecule has 26 heavy (non-hydrogen) atoms. The highest BCUT2D eigenvalue weighted by molar-refractivity contribution is 7.12. The molecular formula is C19H20N2O4S. The molecule has 1 aromatic heterocycles. The molecule has 1 aromatic carbocycles. The summed E-state index contributed by atoms with van der Waals surface area (Å²) in [5.41, 5.74) is 1.06. The van der Waals surface area contributed by atoms with Crippen molar-refractivity contribution >= 4 is 28.9 Å². The van der Waals surface area contributed by atoms with Crippen LogP contribution in [0.5, 0.6) is 5.75 Å². The van der Waals surface area contributed by atoms with E-state index in [9.17, 15) is 14.4 Å². The van der Waals surface area contributed by atoms with Gasteiger partial charge in [-0.3, -0.25) is 14.4 Å². The SMILES string of the molecule is COc1ccccc1C(=O)N1CCN(C(=O)c2csc(C(C)=O)c2)CC1. The van der Waals surface area contributed by atoms with Crippen LogP contribution in [0.4, 0.5) is 0 Å². The second-order valence-electron chi connectivity index (χ2n) is 6.04. The van der Waals surface area contributed by atoms with Crippen LogP contribution in [0.1, 0.15) is 37.3 Å².